The van der Waals surface area contributed by atoms with Gasteiger partial charge in [0, 0.05) is 16.1 Å². The number of aromatic amines is 1. The molecule has 0 bridgehead atoms. The first-order valence-electron chi connectivity index (χ1n) is 7.37. The van der Waals surface area contributed by atoms with E-state index in [-0.39, 0.29) is 0 Å². The van der Waals surface area contributed by atoms with Crippen LogP contribution in [0.25, 0.3) is 33.2 Å². The predicted molar refractivity (Wildman–Crippen MR) is 103 cm³/mol. The maximum atomic E-state index is 6.43. The number of benzene rings is 2. The number of nitrogens with one attached hydrogen (secondary N) is 1. The average molecular weight is 371 g/mol. The molecule has 0 fully saturated rings. The third kappa shape index (κ3) is 2.86. The zero-order chi connectivity index (χ0) is 16.5. The maximum absolute atomic E-state index is 6.43. The number of hydrogen-bond acceptors (Lipinski definition) is 2. The monoisotopic (exact) mass is 370 g/mol. The van der Waals surface area contributed by atoms with Crippen LogP contribution in [0, 0.1) is 0 Å². The number of halogens is 2. The minimum absolute atomic E-state index is 0.598. The summed E-state index contributed by atoms with van der Waals surface area (Å²) in [6, 6.07) is 19.6. The number of nitrogens with zero attached hydrogens (tertiary/aromatic N) is 1. The smallest absolute Gasteiger partial charge is 0.148 e. The van der Waals surface area contributed by atoms with Crippen molar-refractivity contribution in [2.45, 2.75) is 0 Å². The van der Waals surface area contributed by atoms with Crippen LogP contribution in [-0.2, 0) is 0 Å². The molecule has 1 N–H and O–H groups in total. The first-order chi connectivity index (χ1) is 11.7. The van der Waals surface area contributed by atoms with E-state index in [1.807, 2.05) is 60.0 Å². The summed E-state index contributed by atoms with van der Waals surface area (Å²) in [6.07, 6.45) is 0. The van der Waals surface area contributed by atoms with Crippen LogP contribution in [0.3, 0.4) is 0 Å². The maximum Gasteiger partial charge on any atom is 0.148 e. The highest BCUT2D eigenvalue weighted by Gasteiger charge is 2.17. The molecule has 0 amide bonds. The Hall–Kier alpha value is -2.07. The lowest BCUT2D eigenvalue weighted by Crippen LogP contribution is -1.85. The van der Waals surface area contributed by atoms with Gasteiger partial charge >= 0.3 is 0 Å². The molecular weight excluding hydrogens is 359 g/mol. The van der Waals surface area contributed by atoms with Gasteiger partial charge < -0.3 is 4.98 Å². The largest absolute Gasteiger partial charge is 0.337 e. The van der Waals surface area contributed by atoms with Crippen LogP contribution in [-0.4, -0.2) is 9.97 Å². The van der Waals surface area contributed by atoms with Crippen LogP contribution >= 0.6 is 34.5 Å². The summed E-state index contributed by atoms with van der Waals surface area (Å²) in [4.78, 5) is 9.34. The van der Waals surface area contributed by atoms with Crippen molar-refractivity contribution in [3.8, 4) is 33.2 Å². The second-order valence-corrected chi connectivity index (χ2v) is 7.07. The molecule has 0 radical (unpaired) electrons. The van der Waals surface area contributed by atoms with Crippen molar-refractivity contribution >= 4 is 34.5 Å². The van der Waals surface area contributed by atoms with Gasteiger partial charge in [-0.2, -0.15) is 0 Å². The number of rotatable bonds is 3. The highest BCUT2D eigenvalue weighted by Crippen LogP contribution is 2.37. The van der Waals surface area contributed by atoms with Crippen molar-refractivity contribution in [2.24, 2.45) is 0 Å². The molecule has 5 heteroatoms. The first-order valence-corrected chi connectivity index (χ1v) is 9.00. The quantitative estimate of drug-likeness (QED) is 0.422. The van der Waals surface area contributed by atoms with Gasteiger partial charge in [-0.1, -0.05) is 59.6 Å². The molecule has 0 aliphatic carbocycles. The van der Waals surface area contributed by atoms with Gasteiger partial charge in [0.2, 0.25) is 0 Å². The van der Waals surface area contributed by atoms with E-state index in [1.54, 1.807) is 17.4 Å². The van der Waals surface area contributed by atoms with Crippen LogP contribution in [0.1, 0.15) is 0 Å². The summed E-state index contributed by atoms with van der Waals surface area (Å²) in [7, 11) is 0. The number of thiophene rings is 1. The Kier molecular flexibility index (Phi) is 4.15. The molecule has 4 aromatic rings. The fourth-order valence-electron chi connectivity index (χ4n) is 2.60. The van der Waals surface area contributed by atoms with E-state index in [9.17, 15) is 0 Å². The van der Waals surface area contributed by atoms with Crippen molar-refractivity contribution < 1.29 is 0 Å². The average Bonchev–Trinajstić information content (AvgIpc) is 3.25. The molecule has 4 rings (SSSR count). The van der Waals surface area contributed by atoms with Crippen molar-refractivity contribution in [3.63, 3.8) is 0 Å². The zero-order valence-electron chi connectivity index (χ0n) is 12.5. The van der Waals surface area contributed by atoms with Crippen LogP contribution in [0.15, 0.2) is 66.0 Å². The van der Waals surface area contributed by atoms with E-state index in [2.05, 4.69) is 4.98 Å². The molecule has 0 spiro atoms. The van der Waals surface area contributed by atoms with Gasteiger partial charge in [-0.05, 0) is 29.6 Å². The second kappa shape index (κ2) is 6.44. The van der Waals surface area contributed by atoms with Gasteiger partial charge in [0.15, 0.2) is 0 Å². The summed E-state index contributed by atoms with van der Waals surface area (Å²) >= 11 is 14.1. The zero-order valence-corrected chi connectivity index (χ0v) is 14.8. The molecule has 118 valence electrons. The molecule has 0 aliphatic rings. The van der Waals surface area contributed by atoms with Gasteiger partial charge in [-0.15, -0.1) is 11.3 Å². The highest BCUT2D eigenvalue weighted by atomic mass is 35.5. The van der Waals surface area contributed by atoms with E-state index in [4.69, 9.17) is 28.2 Å². The van der Waals surface area contributed by atoms with Crippen molar-refractivity contribution in [3.05, 3.63) is 76.1 Å². The first kappa shape index (κ1) is 15.5. The molecule has 24 heavy (non-hydrogen) atoms. The Morgan fingerprint density at radius 1 is 0.917 bits per heavy atom. The van der Waals surface area contributed by atoms with Crippen LogP contribution < -0.4 is 0 Å². The van der Waals surface area contributed by atoms with E-state index < -0.39 is 0 Å². The van der Waals surface area contributed by atoms with Crippen molar-refractivity contribution in [1.29, 1.82) is 0 Å². The van der Waals surface area contributed by atoms with Crippen LogP contribution in [0.5, 0.6) is 0 Å². The van der Waals surface area contributed by atoms with Crippen LogP contribution in [0.2, 0.25) is 10.0 Å². The highest BCUT2D eigenvalue weighted by molar-refractivity contribution is 7.13. The fourth-order valence-corrected chi connectivity index (χ4v) is 3.77. The summed E-state index contributed by atoms with van der Waals surface area (Å²) in [5, 5.41) is 3.25. The number of aromatic nitrogens is 2. The van der Waals surface area contributed by atoms with Crippen molar-refractivity contribution in [2.75, 3.05) is 0 Å². The molecule has 0 saturated carbocycles. The lowest BCUT2D eigenvalue weighted by Gasteiger charge is -2.06. The molecule has 0 saturated heterocycles. The van der Waals surface area contributed by atoms with Gasteiger partial charge in [-0.25, -0.2) is 4.98 Å². The SMILES string of the molecule is Clc1ccc(-c2[nH]c(-c3cccs3)nc2-c2ccccc2)c(Cl)c1. The Labute approximate surface area is 153 Å². The topological polar surface area (TPSA) is 28.7 Å². The van der Waals surface area contributed by atoms with E-state index in [1.165, 1.54) is 0 Å². The standard InChI is InChI=1S/C19H12Cl2N2S/c20-13-8-9-14(15(21)11-13)18-17(12-5-2-1-3-6-12)22-19(23-18)16-7-4-10-24-16/h1-11H,(H,22,23). The molecule has 0 unspecified atom stereocenters. The Morgan fingerprint density at radius 2 is 1.75 bits per heavy atom. The summed E-state index contributed by atoms with van der Waals surface area (Å²) < 4.78 is 0. The Balaban J connectivity index is 1.94. The molecule has 2 aromatic carbocycles. The Morgan fingerprint density at radius 3 is 2.46 bits per heavy atom. The van der Waals surface area contributed by atoms with E-state index in [0.717, 1.165) is 33.2 Å². The lowest BCUT2D eigenvalue weighted by molar-refractivity contribution is 1.33. The normalized spacial score (nSPS) is 10.9. The second-order valence-electron chi connectivity index (χ2n) is 5.28. The van der Waals surface area contributed by atoms with Gasteiger partial charge in [0.25, 0.3) is 0 Å². The number of imidazole rings is 1. The molecular formula is C19H12Cl2N2S. The predicted octanol–water partition coefficient (Wildman–Crippen LogP) is 6.78. The van der Waals surface area contributed by atoms with E-state index >= 15 is 0 Å². The Bertz CT molecular complexity index is 976. The minimum atomic E-state index is 0.598. The molecule has 2 nitrogen and oxygen atoms in total. The van der Waals surface area contributed by atoms with Gasteiger partial charge in [0.05, 0.1) is 21.3 Å². The fraction of sp³-hybridized carbons (Fsp3) is 0. The van der Waals surface area contributed by atoms with Gasteiger partial charge in [-0.3, -0.25) is 0 Å². The molecule has 0 aliphatic heterocycles. The van der Waals surface area contributed by atoms with Crippen LogP contribution in [0.4, 0.5) is 0 Å². The molecule has 2 heterocycles. The summed E-state index contributed by atoms with van der Waals surface area (Å²) in [5.41, 5.74) is 3.70. The van der Waals surface area contributed by atoms with E-state index in [0.29, 0.717) is 10.0 Å². The van der Waals surface area contributed by atoms with Gasteiger partial charge in [0.1, 0.15) is 5.82 Å². The summed E-state index contributed by atoms with van der Waals surface area (Å²) in [6.45, 7) is 0. The third-order valence-electron chi connectivity index (χ3n) is 3.71. The minimum Gasteiger partial charge on any atom is -0.337 e. The lowest BCUT2D eigenvalue weighted by atomic mass is 10.1. The number of hydrogen-bond donors (Lipinski definition) is 1. The number of H-pyrrole nitrogens is 1. The molecule has 2 aromatic heterocycles. The third-order valence-corrected chi connectivity index (χ3v) is 5.13. The van der Waals surface area contributed by atoms with Crippen molar-refractivity contribution in [1.82, 2.24) is 9.97 Å². The molecule has 0 atom stereocenters. The summed E-state index contributed by atoms with van der Waals surface area (Å²) in [5.74, 6) is 0.838.